The van der Waals surface area contributed by atoms with Crippen LogP contribution in [0.4, 0.5) is 5.69 Å². The summed E-state index contributed by atoms with van der Waals surface area (Å²) in [7, 11) is 0. The van der Waals surface area contributed by atoms with Crippen LogP contribution in [0.3, 0.4) is 0 Å². The van der Waals surface area contributed by atoms with Crippen LogP contribution in [0.25, 0.3) is 0 Å². The summed E-state index contributed by atoms with van der Waals surface area (Å²) in [5.41, 5.74) is 8.93. The lowest BCUT2D eigenvalue weighted by molar-refractivity contribution is 0.389. The van der Waals surface area contributed by atoms with Crippen molar-refractivity contribution in [3.05, 3.63) is 11.4 Å². The predicted molar refractivity (Wildman–Crippen MR) is 60.4 cm³/mol. The molecule has 2 saturated carbocycles. The Morgan fingerprint density at radius 3 is 2.47 bits per heavy atom. The molecule has 1 aromatic rings. The van der Waals surface area contributed by atoms with Gasteiger partial charge in [-0.25, -0.2) is 0 Å². The Morgan fingerprint density at radius 2 is 1.93 bits per heavy atom. The molecule has 0 saturated heterocycles. The molecule has 3 nitrogen and oxygen atoms in total. The van der Waals surface area contributed by atoms with Crippen LogP contribution in [0.5, 0.6) is 0 Å². The van der Waals surface area contributed by atoms with Crippen molar-refractivity contribution in [2.24, 2.45) is 17.8 Å². The van der Waals surface area contributed by atoms with Crippen LogP contribution < -0.4 is 5.73 Å². The number of aryl methyl sites for hydroxylation is 1. The zero-order valence-electron chi connectivity index (χ0n) is 9.53. The number of nitrogen functional groups attached to an aromatic ring is 1. The normalized spacial score (nSPS) is 33.1. The molecule has 2 aliphatic carbocycles. The maximum Gasteiger partial charge on any atom is 0.0825 e. The Kier molecular flexibility index (Phi) is 1.85. The standard InChI is InChI=1S/C12H19N3/c1-7-12(13)8(2)15(14-7)6-9-3-10-5-11(10)4-9/h9-11H,3-6,13H2,1-2H3. The maximum absolute atomic E-state index is 5.93. The van der Waals surface area contributed by atoms with Gasteiger partial charge in [0.05, 0.1) is 17.1 Å². The summed E-state index contributed by atoms with van der Waals surface area (Å²) in [6.45, 7) is 5.15. The fourth-order valence-corrected chi connectivity index (χ4v) is 3.12. The highest BCUT2D eigenvalue weighted by Crippen LogP contribution is 2.54. The molecule has 2 fully saturated rings. The first-order valence-electron chi connectivity index (χ1n) is 5.94. The van der Waals surface area contributed by atoms with Gasteiger partial charge >= 0.3 is 0 Å². The SMILES string of the molecule is Cc1nn(CC2CC3CC3C2)c(C)c1N. The first kappa shape index (κ1) is 9.25. The van der Waals surface area contributed by atoms with Gasteiger partial charge in [-0.15, -0.1) is 0 Å². The minimum atomic E-state index is 0.853. The van der Waals surface area contributed by atoms with E-state index in [0.29, 0.717) is 0 Å². The minimum absolute atomic E-state index is 0.853. The molecular formula is C12H19N3. The van der Waals surface area contributed by atoms with Crippen molar-refractivity contribution >= 4 is 5.69 Å². The summed E-state index contributed by atoms with van der Waals surface area (Å²) < 4.78 is 2.11. The third-order valence-electron chi connectivity index (χ3n) is 4.21. The van der Waals surface area contributed by atoms with E-state index in [-0.39, 0.29) is 0 Å². The lowest BCUT2D eigenvalue weighted by Crippen LogP contribution is -2.12. The van der Waals surface area contributed by atoms with Crippen molar-refractivity contribution in [2.75, 3.05) is 5.73 Å². The summed E-state index contributed by atoms with van der Waals surface area (Å²) in [5, 5.41) is 4.50. The maximum atomic E-state index is 5.93. The molecule has 0 aliphatic heterocycles. The van der Waals surface area contributed by atoms with E-state index in [2.05, 4.69) is 16.7 Å². The van der Waals surface area contributed by atoms with Gasteiger partial charge in [0.2, 0.25) is 0 Å². The van der Waals surface area contributed by atoms with E-state index in [0.717, 1.165) is 41.4 Å². The van der Waals surface area contributed by atoms with E-state index in [1.807, 2.05) is 6.92 Å². The Morgan fingerprint density at radius 1 is 1.27 bits per heavy atom. The number of aromatic nitrogens is 2. The number of nitrogens with two attached hydrogens (primary N) is 1. The van der Waals surface area contributed by atoms with E-state index in [9.17, 15) is 0 Å². The van der Waals surface area contributed by atoms with Crippen molar-refractivity contribution in [3.8, 4) is 0 Å². The number of nitrogens with zero attached hydrogens (tertiary/aromatic N) is 2. The van der Waals surface area contributed by atoms with Gasteiger partial charge in [-0.3, -0.25) is 4.68 Å². The van der Waals surface area contributed by atoms with Crippen molar-refractivity contribution < 1.29 is 0 Å². The molecule has 0 aromatic carbocycles. The minimum Gasteiger partial charge on any atom is -0.396 e. The van der Waals surface area contributed by atoms with Gasteiger partial charge < -0.3 is 5.73 Å². The van der Waals surface area contributed by atoms with Gasteiger partial charge in [0.1, 0.15) is 0 Å². The first-order chi connectivity index (χ1) is 7.15. The Labute approximate surface area is 90.7 Å². The zero-order valence-corrected chi connectivity index (χ0v) is 9.53. The lowest BCUT2D eigenvalue weighted by Gasteiger charge is -2.12. The van der Waals surface area contributed by atoms with Crippen LogP contribution >= 0.6 is 0 Å². The van der Waals surface area contributed by atoms with E-state index in [1.165, 1.54) is 19.3 Å². The third-order valence-corrected chi connectivity index (χ3v) is 4.21. The lowest BCUT2D eigenvalue weighted by atomic mass is 10.0. The van der Waals surface area contributed by atoms with Crippen LogP contribution in [0, 0.1) is 31.6 Å². The van der Waals surface area contributed by atoms with E-state index in [4.69, 9.17) is 5.73 Å². The molecule has 3 rings (SSSR count). The van der Waals surface area contributed by atoms with Crippen LogP contribution in [-0.2, 0) is 6.54 Å². The van der Waals surface area contributed by atoms with Gasteiger partial charge in [-0.2, -0.15) is 5.10 Å². The topological polar surface area (TPSA) is 43.8 Å². The molecule has 2 N–H and O–H groups in total. The number of rotatable bonds is 2. The fourth-order valence-electron chi connectivity index (χ4n) is 3.12. The predicted octanol–water partition coefficient (Wildman–Crippen LogP) is 2.13. The fraction of sp³-hybridized carbons (Fsp3) is 0.750. The molecule has 1 heterocycles. The van der Waals surface area contributed by atoms with Crippen molar-refractivity contribution in [1.82, 2.24) is 9.78 Å². The Bertz CT molecular complexity index is 384. The van der Waals surface area contributed by atoms with Gasteiger partial charge in [-0.05, 0) is 50.9 Å². The molecule has 0 spiro atoms. The highest BCUT2D eigenvalue weighted by molar-refractivity contribution is 5.46. The van der Waals surface area contributed by atoms with Crippen molar-refractivity contribution in [3.63, 3.8) is 0 Å². The summed E-state index contributed by atoms with van der Waals surface area (Å²) >= 11 is 0. The van der Waals surface area contributed by atoms with Gasteiger partial charge in [0, 0.05) is 6.54 Å². The quantitative estimate of drug-likeness (QED) is 0.803. The first-order valence-corrected chi connectivity index (χ1v) is 5.94. The van der Waals surface area contributed by atoms with E-state index < -0.39 is 0 Å². The largest absolute Gasteiger partial charge is 0.396 e. The summed E-state index contributed by atoms with van der Waals surface area (Å²) in [6.07, 6.45) is 4.33. The van der Waals surface area contributed by atoms with Gasteiger partial charge in [0.25, 0.3) is 0 Å². The molecule has 2 unspecified atom stereocenters. The molecule has 2 aliphatic rings. The third kappa shape index (κ3) is 1.45. The van der Waals surface area contributed by atoms with Gasteiger partial charge in [0.15, 0.2) is 0 Å². The number of hydrogen-bond acceptors (Lipinski definition) is 2. The average Bonchev–Trinajstić information content (AvgIpc) is 2.75. The molecule has 2 atom stereocenters. The molecule has 0 bridgehead atoms. The molecule has 82 valence electrons. The number of fused-ring (bicyclic) bond motifs is 1. The second-order valence-corrected chi connectivity index (χ2v) is 5.36. The Balaban J connectivity index is 1.73. The highest BCUT2D eigenvalue weighted by atomic mass is 15.3. The average molecular weight is 205 g/mol. The highest BCUT2D eigenvalue weighted by Gasteiger charge is 2.45. The smallest absolute Gasteiger partial charge is 0.0825 e. The molecule has 0 radical (unpaired) electrons. The monoisotopic (exact) mass is 205 g/mol. The molecule has 0 amide bonds. The van der Waals surface area contributed by atoms with Crippen molar-refractivity contribution in [2.45, 2.75) is 39.7 Å². The number of hydrogen-bond donors (Lipinski definition) is 1. The van der Waals surface area contributed by atoms with Crippen LogP contribution in [0.1, 0.15) is 30.7 Å². The molecular weight excluding hydrogens is 186 g/mol. The van der Waals surface area contributed by atoms with Crippen LogP contribution in [-0.4, -0.2) is 9.78 Å². The summed E-state index contributed by atoms with van der Waals surface area (Å²) in [6, 6.07) is 0. The number of anilines is 1. The summed E-state index contributed by atoms with van der Waals surface area (Å²) in [5.74, 6) is 2.97. The Hall–Kier alpha value is -0.990. The molecule has 15 heavy (non-hydrogen) atoms. The second kappa shape index (κ2) is 3.00. The second-order valence-electron chi connectivity index (χ2n) is 5.36. The van der Waals surface area contributed by atoms with Crippen LogP contribution in [0.2, 0.25) is 0 Å². The summed E-state index contributed by atoms with van der Waals surface area (Å²) in [4.78, 5) is 0. The zero-order chi connectivity index (χ0) is 10.6. The van der Waals surface area contributed by atoms with Gasteiger partial charge in [-0.1, -0.05) is 0 Å². The van der Waals surface area contributed by atoms with Crippen molar-refractivity contribution in [1.29, 1.82) is 0 Å². The molecule has 3 heteroatoms. The van der Waals surface area contributed by atoms with E-state index in [1.54, 1.807) is 0 Å². The molecule has 1 aromatic heterocycles. The van der Waals surface area contributed by atoms with Crippen LogP contribution in [0.15, 0.2) is 0 Å². The van der Waals surface area contributed by atoms with E-state index >= 15 is 0 Å².